The van der Waals surface area contributed by atoms with Crippen LogP contribution in [0.25, 0.3) is 0 Å². The molecule has 2 aromatic rings. The van der Waals surface area contributed by atoms with E-state index in [-0.39, 0.29) is 19.8 Å². The molecule has 0 aromatic heterocycles. The maximum absolute atomic E-state index is 12.7. The van der Waals surface area contributed by atoms with Crippen LogP contribution in [-0.4, -0.2) is 50.1 Å². The molecule has 0 radical (unpaired) electrons. The minimum absolute atomic E-state index is 0.0294. The molecular formula is C27H27BrN4O6S. The van der Waals surface area contributed by atoms with Crippen LogP contribution in [-0.2, 0) is 14.3 Å². The highest BCUT2D eigenvalue weighted by Crippen LogP contribution is 2.35. The van der Waals surface area contributed by atoms with Crippen LogP contribution < -0.4 is 30.3 Å². The molecule has 0 saturated heterocycles. The Morgan fingerprint density at radius 2 is 2.03 bits per heavy atom. The maximum Gasteiger partial charge on any atom is 0.338 e. The number of carbonyl (C=O) groups excluding carboxylic acids is 2. The Balaban J connectivity index is 1.74. The molecule has 39 heavy (non-hydrogen) atoms. The molecule has 1 aliphatic rings. The van der Waals surface area contributed by atoms with Crippen molar-refractivity contribution in [2.75, 3.05) is 26.9 Å². The molecule has 0 aliphatic carbocycles. The fourth-order valence-electron chi connectivity index (χ4n) is 3.71. The summed E-state index contributed by atoms with van der Waals surface area (Å²) < 4.78 is 22.7. The third-order valence-electron chi connectivity index (χ3n) is 5.31. The first-order valence-corrected chi connectivity index (χ1v) is 12.9. The van der Waals surface area contributed by atoms with Gasteiger partial charge in [0.15, 0.2) is 23.2 Å². The Morgan fingerprint density at radius 3 is 2.74 bits per heavy atom. The largest absolute Gasteiger partial charge is 0.493 e. The Labute approximate surface area is 240 Å². The molecule has 2 aromatic carbocycles. The lowest BCUT2D eigenvalue weighted by molar-refractivity contribution is -0.139. The van der Waals surface area contributed by atoms with Crippen LogP contribution in [0.1, 0.15) is 31.0 Å². The van der Waals surface area contributed by atoms with Crippen LogP contribution >= 0.6 is 28.1 Å². The predicted molar refractivity (Wildman–Crippen MR) is 154 cm³/mol. The maximum atomic E-state index is 12.7. The van der Waals surface area contributed by atoms with Gasteiger partial charge >= 0.3 is 5.97 Å². The highest BCUT2D eigenvalue weighted by molar-refractivity contribution is 9.10. The number of carbonyl (C=O) groups is 2. The summed E-state index contributed by atoms with van der Waals surface area (Å²) in [6.07, 6.45) is 6.72. The van der Waals surface area contributed by atoms with E-state index in [9.17, 15) is 9.59 Å². The second kappa shape index (κ2) is 14.2. The number of para-hydroxylation sites is 1. The summed E-state index contributed by atoms with van der Waals surface area (Å²) in [6.45, 7) is 3.37. The molecule has 3 rings (SSSR count). The van der Waals surface area contributed by atoms with Crippen LogP contribution in [0.5, 0.6) is 17.2 Å². The number of ether oxygens (including phenoxy) is 4. The van der Waals surface area contributed by atoms with Gasteiger partial charge in [-0.2, -0.15) is 5.10 Å². The van der Waals surface area contributed by atoms with Gasteiger partial charge < -0.3 is 29.6 Å². The number of allylic oxidation sites excluding steroid dienone is 1. The zero-order chi connectivity index (χ0) is 28.4. The molecule has 10 nitrogen and oxygen atoms in total. The lowest BCUT2D eigenvalue weighted by Crippen LogP contribution is -2.45. The molecule has 204 valence electrons. The van der Waals surface area contributed by atoms with Gasteiger partial charge in [-0.1, -0.05) is 40.0 Å². The number of hydrogen-bond acceptors (Lipinski definition) is 8. The summed E-state index contributed by atoms with van der Waals surface area (Å²) in [6, 6.07) is 9.85. The zero-order valence-electron chi connectivity index (χ0n) is 21.5. The van der Waals surface area contributed by atoms with Gasteiger partial charge in [-0.05, 0) is 44.3 Å². The number of benzene rings is 2. The molecule has 1 amide bonds. The monoisotopic (exact) mass is 614 g/mol. The van der Waals surface area contributed by atoms with E-state index in [1.807, 2.05) is 0 Å². The quantitative estimate of drug-likeness (QED) is 0.115. The molecule has 1 heterocycles. The predicted octanol–water partition coefficient (Wildman–Crippen LogP) is 3.35. The average molecular weight is 616 g/mol. The Bertz CT molecular complexity index is 1350. The van der Waals surface area contributed by atoms with Gasteiger partial charge in [0.2, 0.25) is 0 Å². The van der Waals surface area contributed by atoms with Gasteiger partial charge in [0.1, 0.15) is 12.4 Å². The van der Waals surface area contributed by atoms with Crippen molar-refractivity contribution in [2.24, 2.45) is 5.10 Å². The Kier molecular flexibility index (Phi) is 10.7. The van der Waals surface area contributed by atoms with Crippen molar-refractivity contribution in [1.82, 2.24) is 16.1 Å². The number of thiocarbonyl (C=S) groups is 1. The number of terminal acetylenes is 1. The average Bonchev–Trinajstić information content (AvgIpc) is 2.90. The smallest absolute Gasteiger partial charge is 0.338 e. The highest BCUT2D eigenvalue weighted by Gasteiger charge is 2.32. The molecule has 0 saturated carbocycles. The number of methoxy groups -OCH3 is 1. The van der Waals surface area contributed by atoms with E-state index in [1.165, 1.54) is 13.3 Å². The van der Waals surface area contributed by atoms with Gasteiger partial charge in [0.25, 0.3) is 5.91 Å². The van der Waals surface area contributed by atoms with Crippen molar-refractivity contribution in [3.8, 4) is 29.6 Å². The molecular weight excluding hydrogens is 588 g/mol. The number of halogens is 1. The van der Waals surface area contributed by atoms with Crippen LogP contribution in [0.15, 0.2) is 57.2 Å². The summed E-state index contributed by atoms with van der Waals surface area (Å²) in [5.41, 5.74) is 4.49. The van der Waals surface area contributed by atoms with E-state index in [2.05, 4.69) is 43.0 Å². The minimum atomic E-state index is -0.636. The van der Waals surface area contributed by atoms with Crippen molar-refractivity contribution in [3.05, 3.63) is 63.3 Å². The number of rotatable bonds is 11. The number of nitrogens with zero attached hydrogens (tertiary/aromatic N) is 1. The molecule has 1 atom stereocenters. The SMILES string of the molecule is C#CCOc1c(C=NNC(=O)COc2ccccc2[C@@H]2NC(=S)NC(C)=C2C(=O)OCC)cc(Br)cc1OC. The van der Waals surface area contributed by atoms with E-state index in [4.69, 9.17) is 37.6 Å². The van der Waals surface area contributed by atoms with Crippen molar-refractivity contribution < 1.29 is 28.5 Å². The zero-order valence-corrected chi connectivity index (χ0v) is 23.9. The number of hydrazone groups is 1. The van der Waals surface area contributed by atoms with Gasteiger partial charge in [0, 0.05) is 21.3 Å². The fraction of sp³-hybridized carbons (Fsp3) is 0.259. The number of nitrogens with one attached hydrogen (secondary N) is 3. The van der Waals surface area contributed by atoms with Crippen LogP contribution in [0.2, 0.25) is 0 Å². The molecule has 0 fully saturated rings. The summed E-state index contributed by atoms with van der Waals surface area (Å²) in [5, 5.41) is 10.4. The van der Waals surface area contributed by atoms with Gasteiger partial charge in [-0.3, -0.25) is 4.79 Å². The molecule has 1 aliphatic heterocycles. The standard InChI is InChI=1S/C27H27BrN4O6S/c1-5-11-37-25-17(12-18(28)13-21(25)35-4)14-29-32-22(33)15-38-20-10-8-7-9-19(20)24-23(26(34)36-6-2)16(3)30-27(39)31-24/h1,7-10,12-14,24H,6,11,15H2,2-4H3,(H,32,33)(H2,30,31,39)/t24-/m0/s1. The second-order valence-electron chi connectivity index (χ2n) is 7.93. The second-order valence-corrected chi connectivity index (χ2v) is 9.25. The first-order chi connectivity index (χ1) is 18.8. The number of hydrogen-bond donors (Lipinski definition) is 3. The number of esters is 1. The minimum Gasteiger partial charge on any atom is -0.493 e. The van der Waals surface area contributed by atoms with Crippen molar-refractivity contribution in [3.63, 3.8) is 0 Å². The lowest BCUT2D eigenvalue weighted by Gasteiger charge is -2.30. The molecule has 0 unspecified atom stereocenters. The van der Waals surface area contributed by atoms with E-state index in [1.54, 1.807) is 50.2 Å². The van der Waals surface area contributed by atoms with E-state index < -0.39 is 17.9 Å². The summed E-state index contributed by atoms with van der Waals surface area (Å²) >= 11 is 8.70. The fourth-order valence-corrected chi connectivity index (χ4v) is 4.44. The van der Waals surface area contributed by atoms with Crippen LogP contribution in [0.4, 0.5) is 0 Å². The van der Waals surface area contributed by atoms with Crippen molar-refractivity contribution in [2.45, 2.75) is 19.9 Å². The van der Waals surface area contributed by atoms with Gasteiger partial charge in [-0.15, -0.1) is 6.42 Å². The molecule has 0 spiro atoms. The third kappa shape index (κ3) is 7.72. The summed E-state index contributed by atoms with van der Waals surface area (Å²) in [4.78, 5) is 25.2. The first kappa shape index (κ1) is 29.5. The topological polar surface area (TPSA) is 120 Å². The van der Waals surface area contributed by atoms with E-state index in [0.717, 1.165) is 4.47 Å². The number of amides is 1. The van der Waals surface area contributed by atoms with Gasteiger partial charge in [-0.25, -0.2) is 10.2 Å². The van der Waals surface area contributed by atoms with E-state index in [0.29, 0.717) is 44.8 Å². The van der Waals surface area contributed by atoms with Gasteiger partial charge in [0.05, 0.1) is 31.5 Å². The van der Waals surface area contributed by atoms with Crippen LogP contribution in [0, 0.1) is 12.3 Å². The molecule has 3 N–H and O–H groups in total. The van der Waals surface area contributed by atoms with Crippen molar-refractivity contribution >= 4 is 51.4 Å². The normalized spacial score (nSPS) is 14.6. The molecule has 0 bridgehead atoms. The highest BCUT2D eigenvalue weighted by atomic mass is 79.9. The summed E-state index contributed by atoms with van der Waals surface area (Å²) in [7, 11) is 1.50. The van der Waals surface area contributed by atoms with E-state index >= 15 is 0 Å². The first-order valence-electron chi connectivity index (χ1n) is 11.7. The Hall–Kier alpha value is -4.08. The van der Waals surface area contributed by atoms with Crippen LogP contribution in [0.3, 0.4) is 0 Å². The molecule has 12 heteroatoms. The lowest BCUT2D eigenvalue weighted by atomic mass is 9.95. The van der Waals surface area contributed by atoms with Crippen molar-refractivity contribution in [1.29, 1.82) is 0 Å². The third-order valence-corrected chi connectivity index (χ3v) is 5.99. The summed E-state index contributed by atoms with van der Waals surface area (Å²) in [5.74, 6) is 2.62. The Morgan fingerprint density at radius 1 is 1.26 bits per heavy atom.